The van der Waals surface area contributed by atoms with Crippen LogP contribution in [-0.4, -0.2) is 14.7 Å². The Hall–Kier alpha value is -3.08. The molecule has 2 aromatic carbocycles. The first kappa shape index (κ1) is 12.6. The molecule has 0 amide bonds. The summed E-state index contributed by atoms with van der Waals surface area (Å²) in [5.41, 5.74) is 3.22. The van der Waals surface area contributed by atoms with Crippen LogP contribution in [0.15, 0.2) is 70.1 Å². The predicted octanol–water partition coefficient (Wildman–Crippen LogP) is 3.03. The first-order valence-electron chi connectivity index (χ1n) is 6.99. The van der Waals surface area contributed by atoms with Crippen LogP contribution in [0.25, 0.3) is 22.3 Å². The fourth-order valence-electron chi connectivity index (χ4n) is 2.62. The third kappa shape index (κ3) is 2.22. The van der Waals surface area contributed by atoms with Crippen molar-refractivity contribution < 1.29 is 4.52 Å². The van der Waals surface area contributed by atoms with E-state index in [1.807, 2.05) is 36.4 Å². The molecule has 4 aromatic rings. The van der Waals surface area contributed by atoms with Crippen molar-refractivity contribution in [3.63, 3.8) is 0 Å². The molecule has 108 valence electrons. The van der Waals surface area contributed by atoms with Crippen LogP contribution in [0.3, 0.4) is 0 Å². The number of hydrogen-bond donors (Lipinski definition) is 1. The maximum atomic E-state index is 11.0. The van der Waals surface area contributed by atoms with Gasteiger partial charge in [-0.1, -0.05) is 35.5 Å². The van der Waals surface area contributed by atoms with Gasteiger partial charge < -0.3 is 4.57 Å². The fraction of sp³-hybridized carbons (Fsp3) is 0.0588. The van der Waals surface area contributed by atoms with E-state index in [1.54, 1.807) is 0 Å². The lowest BCUT2D eigenvalue weighted by Gasteiger charge is -2.06. The molecule has 2 aromatic heterocycles. The van der Waals surface area contributed by atoms with Crippen LogP contribution in [0, 0.1) is 0 Å². The first-order chi connectivity index (χ1) is 10.8. The lowest BCUT2D eigenvalue weighted by Crippen LogP contribution is -1.97. The molecule has 0 aliphatic rings. The Kier molecular flexibility index (Phi) is 2.89. The van der Waals surface area contributed by atoms with Gasteiger partial charge in [0, 0.05) is 29.2 Å². The second-order valence-corrected chi connectivity index (χ2v) is 5.15. The van der Waals surface area contributed by atoms with Crippen LogP contribution in [-0.2, 0) is 6.54 Å². The minimum atomic E-state index is -0.545. The monoisotopic (exact) mass is 291 g/mol. The Bertz CT molecular complexity index is 980. The normalized spacial score (nSPS) is 11.1. The largest absolute Gasteiger partial charge is 0.439 e. The molecule has 0 aliphatic carbocycles. The molecular formula is C17H13N3O2. The number of H-pyrrole nitrogens is 1. The van der Waals surface area contributed by atoms with E-state index in [0.717, 1.165) is 23.0 Å². The minimum absolute atomic E-state index is 0.447. The molecule has 2 heterocycles. The lowest BCUT2D eigenvalue weighted by atomic mass is 10.1. The van der Waals surface area contributed by atoms with Gasteiger partial charge in [-0.2, -0.15) is 0 Å². The number of rotatable bonds is 3. The van der Waals surface area contributed by atoms with Crippen LogP contribution in [0.5, 0.6) is 0 Å². The van der Waals surface area contributed by atoms with Gasteiger partial charge in [0.25, 0.3) is 0 Å². The van der Waals surface area contributed by atoms with E-state index in [2.05, 4.69) is 43.6 Å². The topological polar surface area (TPSA) is 63.8 Å². The van der Waals surface area contributed by atoms with Crippen LogP contribution >= 0.6 is 0 Å². The van der Waals surface area contributed by atoms with E-state index in [4.69, 9.17) is 0 Å². The van der Waals surface area contributed by atoms with Gasteiger partial charge in [-0.15, -0.1) is 0 Å². The van der Waals surface area contributed by atoms with Crippen molar-refractivity contribution in [1.82, 2.24) is 14.7 Å². The van der Waals surface area contributed by atoms with Gasteiger partial charge >= 0.3 is 5.76 Å². The highest BCUT2D eigenvalue weighted by molar-refractivity contribution is 5.84. The third-order valence-corrected chi connectivity index (χ3v) is 3.68. The molecule has 0 fully saturated rings. The van der Waals surface area contributed by atoms with Crippen molar-refractivity contribution in [2.45, 2.75) is 6.54 Å². The van der Waals surface area contributed by atoms with Crippen molar-refractivity contribution in [1.29, 1.82) is 0 Å². The van der Waals surface area contributed by atoms with E-state index in [-0.39, 0.29) is 0 Å². The van der Waals surface area contributed by atoms with Crippen molar-refractivity contribution in [3.8, 4) is 11.4 Å². The molecular weight excluding hydrogens is 278 g/mol. The second kappa shape index (κ2) is 5.04. The molecule has 0 spiro atoms. The quantitative estimate of drug-likeness (QED) is 0.631. The highest BCUT2D eigenvalue weighted by atomic mass is 16.5. The average molecular weight is 291 g/mol. The summed E-state index contributed by atoms with van der Waals surface area (Å²) < 4.78 is 6.74. The summed E-state index contributed by atoms with van der Waals surface area (Å²) in [4.78, 5) is 13.6. The highest BCUT2D eigenvalue weighted by Crippen LogP contribution is 2.23. The number of nitrogens with one attached hydrogen (secondary N) is 1. The molecule has 4 rings (SSSR count). The summed E-state index contributed by atoms with van der Waals surface area (Å²) in [6.45, 7) is 0.824. The molecule has 0 aliphatic heterocycles. The van der Waals surface area contributed by atoms with Crippen molar-refractivity contribution in [3.05, 3.63) is 76.9 Å². The standard InChI is InChI=1S/C17H13N3O2/c21-17-18-16(19-22-17)14-6-7-15-13(10-14)8-9-20(15)11-12-4-2-1-3-5-12/h1-10H,11H2,(H,18,19,21). The van der Waals surface area contributed by atoms with Crippen molar-refractivity contribution >= 4 is 10.9 Å². The molecule has 0 unspecified atom stereocenters. The fourth-order valence-corrected chi connectivity index (χ4v) is 2.62. The van der Waals surface area contributed by atoms with Crippen LogP contribution in [0.2, 0.25) is 0 Å². The first-order valence-corrected chi connectivity index (χ1v) is 6.99. The summed E-state index contributed by atoms with van der Waals surface area (Å²) in [7, 11) is 0. The smallest absolute Gasteiger partial charge is 0.343 e. The Morgan fingerprint density at radius 3 is 2.73 bits per heavy atom. The molecule has 0 atom stereocenters. The number of nitrogens with zero attached hydrogens (tertiary/aromatic N) is 2. The predicted molar refractivity (Wildman–Crippen MR) is 83.6 cm³/mol. The van der Waals surface area contributed by atoms with Gasteiger partial charge in [-0.3, -0.25) is 9.51 Å². The highest BCUT2D eigenvalue weighted by Gasteiger charge is 2.07. The number of hydrogen-bond acceptors (Lipinski definition) is 3. The number of fused-ring (bicyclic) bond motifs is 1. The van der Waals surface area contributed by atoms with Gasteiger partial charge in [-0.25, -0.2) is 4.79 Å². The maximum Gasteiger partial charge on any atom is 0.439 e. The van der Waals surface area contributed by atoms with Gasteiger partial charge in [0.2, 0.25) is 0 Å². The molecule has 0 saturated heterocycles. The number of aromatic nitrogens is 3. The van der Waals surface area contributed by atoms with Crippen LogP contribution < -0.4 is 5.76 Å². The molecule has 5 nitrogen and oxygen atoms in total. The zero-order valence-electron chi connectivity index (χ0n) is 11.7. The van der Waals surface area contributed by atoms with Crippen LogP contribution in [0.1, 0.15) is 5.56 Å². The minimum Gasteiger partial charge on any atom is -0.343 e. The van der Waals surface area contributed by atoms with Gasteiger partial charge in [0.1, 0.15) is 0 Å². The van der Waals surface area contributed by atoms with Gasteiger partial charge in [0.05, 0.1) is 0 Å². The molecule has 1 N–H and O–H groups in total. The van der Waals surface area contributed by atoms with E-state index >= 15 is 0 Å². The summed E-state index contributed by atoms with van der Waals surface area (Å²) >= 11 is 0. The van der Waals surface area contributed by atoms with Crippen molar-refractivity contribution in [2.75, 3.05) is 0 Å². The van der Waals surface area contributed by atoms with Gasteiger partial charge in [-0.05, 0) is 29.8 Å². The zero-order chi connectivity index (χ0) is 14.9. The Morgan fingerprint density at radius 2 is 1.95 bits per heavy atom. The molecule has 0 bridgehead atoms. The summed E-state index contributed by atoms with van der Waals surface area (Å²) in [6, 6.07) is 18.3. The second-order valence-electron chi connectivity index (χ2n) is 5.15. The third-order valence-electron chi connectivity index (χ3n) is 3.68. The zero-order valence-corrected chi connectivity index (χ0v) is 11.7. The number of benzene rings is 2. The lowest BCUT2D eigenvalue weighted by molar-refractivity contribution is 0.388. The van der Waals surface area contributed by atoms with Gasteiger partial charge in [0.15, 0.2) is 5.82 Å². The Morgan fingerprint density at radius 1 is 1.09 bits per heavy atom. The summed E-state index contributed by atoms with van der Waals surface area (Å²) in [6.07, 6.45) is 2.06. The van der Waals surface area contributed by atoms with E-state index in [0.29, 0.717) is 5.82 Å². The van der Waals surface area contributed by atoms with E-state index in [9.17, 15) is 4.79 Å². The van der Waals surface area contributed by atoms with E-state index < -0.39 is 5.76 Å². The maximum absolute atomic E-state index is 11.0. The molecule has 0 radical (unpaired) electrons. The summed E-state index contributed by atoms with van der Waals surface area (Å²) in [5.74, 6) is -0.0977. The van der Waals surface area contributed by atoms with Crippen LogP contribution in [0.4, 0.5) is 0 Å². The number of aromatic amines is 1. The SMILES string of the molecule is O=c1[nH]c(-c2ccc3c(ccn3Cc3ccccc3)c2)no1. The molecule has 0 saturated carbocycles. The Balaban J connectivity index is 1.73. The Labute approximate surface area is 125 Å². The average Bonchev–Trinajstić information content (AvgIpc) is 3.15. The molecule has 5 heteroatoms. The van der Waals surface area contributed by atoms with Crippen molar-refractivity contribution in [2.24, 2.45) is 0 Å². The summed E-state index contributed by atoms with van der Waals surface area (Å²) in [5, 5.41) is 4.81. The molecule has 22 heavy (non-hydrogen) atoms. The van der Waals surface area contributed by atoms with E-state index in [1.165, 1.54) is 5.56 Å².